The zero-order chi connectivity index (χ0) is 13.0. The number of hydrogen-bond donors (Lipinski definition) is 0. The minimum Gasteiger partial charge on any atom is -0.0620 e. The van der Waals surface area contributed by atoms with Gasteiger partial charge in [0.1, 0.15) is 0 Å². The highest BCUT2D eigenvalue weighted by Gasteiger charge is 2.05. The number of aryl methyl sites for hydroxylation is 3. The molecule has 0 bridgehead atoms. The quantitative estimate of drug-likeness (QED) is 0.710. The molecule has 94 valence electrons. The second-order valence-corrected chi connectivity index (χ2v) is 5.34. The smallest absolute Gasteiger partial charge is 0.0216 e. The van der Waals surface area contributed by atoms with Crippen LogP contribution in [0.4, 0.5) is 0 Å². The predicted octanol–water partition coefficient (Wildman–Crippen LogP) is 4.90. The third-order valence-corrected chi connectivity index (χ3v) is 3.48. The van der Waals surface area contributed by atoms with Crippen LogP contribution < -0.4 is 0 Å². The topological polar surface area (TPSA) is 0 Å². The Labute approximate surface area is 111 Å². The van der Waals surface area contributed by atoms with Crippen molar-refractivity contribution in [2.75, 3.05) is 0 Å². The predicted molar refractivity (Wildman–Crippen MR) is 79.1 cm³/mol. The van der Waals surface area contributed by atoms with E-state index >= 15 is 0 Å². The largest absolute Gasteiger partial charge is 0.0620 e. The first-order valence-electron chi connectivity index (χ1n) is 6.80. The van der Waals surface area contributed by atoms with Crippen LogP contribution in [-0.2, 0) is 12.8 Å². The molecule has 0 aromatic heterocycles. The summed E-state index contributed by atoms with van der Waals surface area (Å²) in [6.07, 6.45) is 2.27. The van der Waals surface area contributed by atoms with E-state index in [0.717, 1.165) is 12.8 Å². The van der Waals surface area contributed by atoms with Crippen LogP contribution in [0.1, 0.15) is 42.0 Å². The van der Waals surface area contributed by atoms with Crippen LogP contribution in [0.3, 0.4) is 0 Å². The van der Waals surface area contributed by atoms with Crippen molar-refractivity contribution in [2.24, 2.45) is 0 Å². The van der Waals surface area contributed by atoms with Gasteiger partial charge in [-0.05, 0) is 42.4 Å². The number of hydrogen-bond acceptors (Lipinski definition) is 0. The van der Waals surface area contributed by atoms with Gasteiger partial charge in [0.05, 0.1) is 0 Å². The molecule has 0 saturated heterocycles. The molecule has 0 nitrogen and oxygen atoms in total. The van der Waals surface area contributed by atoms with Crippen LogP contribution in [-0.4, -0.2) is 0 Å². The Morgan fingerprint density at radius 3 is 2.17 bits per heavy atom. The average Bonchev–Trinajstić information content (AvgIpc) is 2.38. The summed E-state index contributed by atoms with van der Waals surface area (Å²) in [5, 5.41) is 0. The maximum atomic E-state index is 2.27. The summed E-state index contributed by atoms with van der Waals surface area (Å²) in [6, 6.07) is 17.7. The Hall–Kier alpha value is -1.56. The van der Waals surface area contributed by atoms with Crippen molar-refractivity contribution >= 4 is 0 Å². The Balaban J connectivity index is 2.08. The minimum absolute atomic E-state index is 0.610. The SMILES string of the molecule is Cc1ccc(CCc2ccccc2C(C)C)cc1. The van der Waals surface area contributed by atoms with Crippen LogP contribution in [0.15, 0.2) is 48.5 Å². The third-order valence-electron chi connectivity index (χ3n) is 3.48. The molecule has 0 aliphatic rings. The van der Waals surface area contributed by atoms with Gasteiger partial charge in [-0.15, -0.1) is 0 Å². The molecule has 0 spiro atoms. The van der Waals surface area contributed by atoms with E-state index in [9.17, 15) is 0 Å². The molecule has 0 saturated carbocycles. The molecule has 0 heterocycles. The molecule has 0 heteroatoms. The summed E-state index contributed by atoms with van der Waals surface area (Å²) in [5.41, 5.74) is 5.75. The second kappa shape index (κ2) is 5.86. The van der Waals surface area contributed by atoms with Crippen molar-refractivity contribution in [1.82, 2.24) is 0 Å². The molecule has 0 aliphatic carbocycles. The van der Waals surface area contributed by atoms with Gasteiger partial charge in [-0.3, -0.25) is 0 Å². The Bertz CT molecular complexity index is 492. The van der Waals surface area contributed by atoms with E-state index in [2.05, 4.69) is 69.3 Å². The molecule has 0 fully saturated rings. The van der Waals surface area contributed by atoms with E-state index < -0.39 is 0 Å². The van der Waals surface area contributed by atoms with Crippen molar-refractivity contribution in [3.8, 4) is 0 Å². The Kier molecular flexibility index (Phi) is 4.19. The van der Waals surface area contributed by atoms with E-state index in [1.807, 2.05) is 0 Å². The average molecular weight is 238 g/mol. The molecule has 0 N–H and O–H groups in total. The van der Waals surface area contributed by atoms with Gasteiger partial charge in [0.15, 0.2) is 0 Å². The lowest BCUT2D eigenvalue weighted by Crippen LogP contribution is -1.98. The van der Waals surface area contributed by atoms with Crippen molar-refractivity contribution in [2.45, 2.75) is 39.5 Å². The van der Waals surface area contributed by atoms with Gasteiger partial charge in [-0.2, -0.15) is 0 Å². The number of benzene rings is 2. The summed E-state index contributed by atoms with van der Waals surface area (Å²) in [4.78, 5) is 0. The molecule has 0 unspecified atom stereocenters. The Morgan fingerprint density at radius 2 is 1.50 bits per heavy atom. The zero-order valence-corrected chi connectivity index (χ0v) is 11.6. The standard InChI is InChI=1S/C18H22/c1-14(2)18-7-5-4-6-17(18)13-12-16-10-8-15(3)9-11-16/h4-11,14H,12-13H2,1-3H3. The number of rotatable bonds is 4. The zero-order valence-electron chi connectivity index (χ0n) is 11.6. The van der Waals surface area contributed by atoms with Crippen LogP contribution >= 0.6 is 0 Å². The van der Waals surface area contributed by atoms with E-state index in [0.29, 0.717) is 5.92 Å². The molecule has 2 rings (SSSR count). The highest BCUT2D eigenvalue weighted by Crippen LogP contribution is 2.20. The molecule has 2 aromatic rings. The van der Waals surface area contributed by atoms with E-state index in [1.54, 1.807) is 0 Å². The molecule has 0 amide bonds. The van der Waals surface area contributed by atoms with Crippen LogP contribution in [0.25, 0.3) is 0 Å². The van der Waals surface area contributed by atoms with Crippen molar-refractivity contribution in [3.63, 3.8) is 0 Å². The molecular formula is C18H22. The minimum atomic E-state index is 0.610. The van der Waals surface area contributed by atoms with Crippen LogP contribution in [0.5, 0.6) is 0 Å². The van der Waals surface area contributed by atoms with Gasteiger partial charge in [0.2, 0.25) is 0 Å². The monoisotopic (exact) mass is 238 g/mol. The molecule has 18 heavy (non-hydrogen) atoms. The molecule has 0 atom stereocenters. The van der Waals surface area contributed by atoms with Gasteiger partial charge in [0.25, 0.3) is 0 Å². The highest BCUT2D eigenvalue weighted by atomic mass is 14.1. The molecule has 2 aromatic carbocycles. The summed E-state index contributed by atoms with van der Waals surface area (Å²) < 4.78 is 0. The van der Waals surface area contributed by atoms with Gasteiger partial charge >= 0.3 is 0 Å². The fraction of sp³-hybridized carbons (Fsp3) is 0.333. The summed E-state index contributed by atoms with van der Waals surface area (Å²) in [7, 11) is 0. The van der Waals surface area contributed by atoms with Crippen molar-refractivity contribution < 1.29 is 0 Å². The lowest BCUT2D eigenvalue weighted by Gasteiger charge is -2.12. The van der Waals surface area contributed by atoms with Crippen molar-refractivity contribution in [1.29, 1.82) is 0 Å². The molecule has 0 aliphatic heterocycles. The van der Waals surface area contributed by atoms with Crippen LogP contribution in [0, 0.1) is 6.92 Å². The van der Waals surface area contributed by atoms with Crippen molar-refractivity contribution in [3.05, 3.63) is 70.8 Å². The van der Waals surface area contributed by atoms with Gasteiger partial charge in [0, 0.05) is 0 Å². The van der Waals surface area contributed by atoms with E-state index in [4.69, 9.17) is 0 Å². The van der Waals surface area contributed by atoms with Gasteiger partial charge in [-0.25, -0.2) is 0 Å². The normalized spacial score (nSPS) is 10.9. The molecule has 0 radical (unpaired) electrons. The first kappa shape index (κ1) is 12.9. The first-order chi connectivity index (χ1) is 8.66. The summed E-state index contributed by atoms with van der Waals surface area (Å²) in [5.74, 6) is 0.610. The lowest BCUT2D eigenvalue weighted by atomic mass is 9.93. The van der Waals surface area contributed by atoms with Crippen LogP contribution in [0.2, 0.25) is 0 Å². The lowest BCUT2D eigenvalue weighted by molar-refractivity contribution is 0.828. The highest BCUT2D eigenvalue weighted by molar-refractivity contribution is 5.31. The molecular weight excluding hydrogens is 216 g/mol. The van der Waals surface area contributed by atoms with Gasteiger partial charge in [-0.1, -0.05) is 67.9 Å². The Morgan fingerprint density at radius 1 is 0.833 bits per heavy atom. The summed E-state index contributed by atoms with van der Waals surface area (Å²) in [6.45, 7) is 6.67. The maximum Gasteiger partial charge on any atom is -0.0216 e. The third kappa shape index (κ3) is 3.22. The van der Waals surface area contributed by atoms with Gasteiger partial charge < -0.3 is 0 Å². The fourth-order valence-corrected chi connectivity index (χ4v) is 2.36. The van der Waals surface area contributed by atoms with E-state index in [1.165, 1.54) is 22.3 Å². The fourth-order valence-electron chi connectivity index (χ4n) is 2.36. The first-order valence-corrected chi connectivity index (χ1v) is 6.80. The maximum absolute atomic E-state index is 2.27. The summed E-state index contributed by atoms with van der Waals surface area (Å²) >= 11 is 0. The second-order valence-electron chi connectivity index (χ2n) is 5.34. The van der Waals surface area contributed by atoms with E-state index in [-0.39, 0.29) is 0 Å².